The van der Waals surface area contributed by atoms with Gasteiger partial charge in [0, 0.05) is 0 Å². The molecule has 0 heterocycles. The lowest BCUT2D eigenvalue weighted by molar-refractivity contribution is 0.176. The highest BCUT2D eigenvalue weighted by Gasteiger charge is 2.18. The third-order valence-corrected chi connectivity index (χ3v) is 3.27. The van der Waals surface area contributed by atoms with Crippen LogP contribution in [0, 0.1) is 0 Å². The maximum absolute atomic E-state index is 5.96. The summed E-state index contributed by atoms with van der Waals surface area (Å²) in [6.45, 7) is 4.20. The van der Waals surface area contributed by atoms with Crippen molar-refractivity contribution in [3.63, 3.8) is 0 Å². The highest BCUT2D eigenvalue weighted by molar-refractivity contribution is 9.10. The average Bonchev–Trinajstić information content (AvgIpc) is 2.36. The molecule has 0 bridgehead atoms. The van der Waals surface area contributed by atoms with E-state index in [-0.39, 0.29) is 6.10 Å². The van der Waals surface area contributed by atoms with Gasteiger partial charge in [0.2, 0.25) is 5.75 Å². The summed E-state index contributed by atoms with van der Waals surface area (Å²) in [5, 5.41) is 0. The Morgan fingerprint density at radius 1 is 1.06 bits per heavy atom. The van der Waals surface area contributed by atoms with Crippen LogP contribution in [0.5, 0.6) is 17.2 Å². The van der Waals surface area contributed by atoms with Crippen molar-refractivity contribution in [2.45, 2.75) is 32.8 Å². The Morgan fingerprint density at radius 2 is 1.71 bits per heavy atom. The molecule has 0 spiro atoms. The second kappa shape index (κ2) is 6.74. The first-order chi connectivity index (χ1) is 8.17. The Kier molecular flexibility index (Phi) is 5.62. The fourth-order valence-corrected chi connectivity index (χ4v) is 2.08. The Hall–Kier alpha value is -0.900. The average molecular weight is 303 g/mol. The van der Waals surface area contributed by atoms with Gasteiger partial charge in [-0.05, 0) is 40.9 Å². The summed E-state index contributed by atoms with van der Waals surface area (Å²) in [5.74, 6) is 2.03. The molecule has 3 nitrogen and oxygen atoms in total. The van der Waals surface area contributed by atoms with Crippen molar-refractivity contribution in [3.8, 4) is 17.2 Å². The van der Waals surface area contributed by atoms with E-state index >= 15 is 0 Å². The van der Waals surface area contributed by atoms with Crippen molar-refractivity contribution in [2.24, 2.45) is 0 Å². The Morgan fingerprint density at radius 3 is 2.18 bits per heavy atom. The summed E-state index contributed by atoms with van der Waals surface area (Å²) in [7, 11) is 3.25. The molecule has 0 fully saturated rings. The normalized spacial score (nSPS) is 10.5. The number of halogens is 1. The summed E-state index contributed by atoms with van der Waals surface area (Å²) in [5.41, 5.74) is 0. The molecule has 1 aromatic carbocycles. The number of ether oxygens (including phenoxy) is 3. The first-order valence-corrected chi connectivity index (χ1v) is 6.54. The molecule has 0 aliphatic carbocycles. The lowest BCUT2D eigenvalue weighted by Gasteiger charge is -2.20. The summed E-state index contributed by atoms with van der Waals surface area (Å²) in [4.78, 5) is 0. The van der Waals surface area contributed by atoms with Crippen LogP contribution in [0.3, 0.4) is 0 Å². The second-order valence-corrected chi connectivity index (χ2v) is 4.52. The Bertz CT molecular complexity index is 362. The largest absolute Gasteiger partial charge is 0.493 e. The topological polar surface area (TPSA) is 27.7 Å². The minimum Gasteiger partial charge on any atom is -0.493 e. The lowest BCUT2D eigenvalue weighted by Crippen LogP contribution is -2.15. The molecule has 0 atom stereocenters. The fraction of sp³-hybridized carbons (Fsp3) is 0.538. The van der Waals surface area contributed by atoms with Crippen LogP contribution < -0.4 is 14.2 Å². The zero-order valence-corrected chi connectivity index (χ0v) is 12.3. The van der Waals surface area contributed by atoms with Crippen molar-refractivity contribution < 1.29 is 14.2 Å². The molecule has 0 unspecified atom stereocenters. The van der Waals surface area contributed by atoms with Gasteiger partial charge in [-0.25, -0.2) is 0 Å². The fourth-order valence-electron chi connectivity index (χ4n) is 1.61. The number of methoxy groups -OCH3 is 2. The van der Waals surface area contributed by atoms with Crippen molar-refractivity contribution in [1.82, 2.24) is 0 Å². The van der Waals surface area contributed by atoms with Gasteiger partial charge in [0.1, 0.15) is 0 Å². The third-order valence-electron chi connectivity index (χ3n) is 2.65. The molecule has 0 saturated heterocycles. The van der Waals surface area contributed by atoms with Crippen molar-refractivity contribution >= 4 is 15.9 Å². The standard InChI is InChI=1S/C13H19BrO3/c1-5-9(6-2)17-13-11(15-3)8-7-10(14)12(13)16-4/h7-9H,5-6H2,1-4H3. The summed E-state index contributed by atoms with van der Waals surface area (Å²) in [6.07, 6.45) is 2.08. The van der Waals surface area contributed by atoms with E-state index in [0.717, 1.165) is 17.3 Å². The van der Waals surface area contributed by atoms with Gasteiger partial charge in [-0.15, -0.1) is 0 Å². The van der Waals surface area contributed by atoms with Crippen LogP contribution in [0.2, 0.25) is 0 Å². The highest BCUT2D eigenvalue weighted by atomic mass is 79.9. The van der Waals surface area contributed by atoms with E-state index in [4.69, 9.17) is 14.2 Å². The van der Waals surface area contributed by atoms with Gasteiger partial charge in [-0.2, -0.15) is 0 Å². The van der Waals surface area contributed by atoms with E-state index in [1.54, 1.807) is 14.2 Å². The molecule has 0 radical (unpaired) electrons. The van der Waals surface area contributed by atoms with Crippen LogP contribution in [0.15, 0.2) is 16.6 Å². The number of benzene rings is 1. The molecule has 4 heteroatoms. The Labute approximate surface area is 111 Å². The van der Waals surface area contributed by atoms with Crippen LogP contribution in [0.1, 0.15) is 26.7 Å². The minimum atomic E-state index is 0.173. The smallest absolute Gasteiger partial charge is 0.205 e. The number of hydrogen-bond acceptors (Lipinski definition) is 3. The first-order valence-electron chi connectivity index (χ1n) is 5.74. The van der Waals surface area contributed by atoms with Gasteiger partial charge in [0.25, 0.3) is 0 Å². The molecule has 0 aliphatic heterocycles. The maximum atomic E-state index is 5.96. The number of rotatable bonds is 6. The molecule has 0 aliphatic rings. The van der Waals surface area contributed by atoms with Crippen LogP contribution in [-0.2, 0) is 0 Å². The number of hydrogen-bond donors (Lipinski definition) is 0. The lowest BCUT2D eigenvalue weighted by atomic mass is 10.2. The zero-order valence-electron chi connectivity index (χ0n) is 10.7. The molecule has 0 amide bonds. The van der Waals surface area contributed by atoms with Crippen molar-refractivity contribution in [3.05, 3.63) is 16.6 Å². The van der Waals surface area contributed by atoms with Gasteiger partial charge in [0.05, 0.1) is 24.8 Å². The molecular weight excluding hydrogens is 284 g/mol. The minimum absolute atomic E-state index is 0.173. The van der Waals surface area contributed by atoms with Gasteiger partial charge >= 0.3 is 0 Å². The third kappa shape index (κ3) is 3.28. The predicted octanol–water partition coefficient (Wildman–Crippen LogP) is 4.03. The van der Waals surface area contributed by atoms with E-state index in [0.29, 0.717) is 17.2 Å². The molecule has 0 N–H and O–H groups in total. The second-order valence-electron chi connectivity index (χ2n) is 3.67. The van der Waals surface area contributed by atoms with Crippen LogP contribution in [-0.4, -0.2) is 20.3 Å². The SMILES string of the molecule is CCC(CC)Oc1c(OC)ccc(Br)c1OC. The van der Waals surface area contributed by atoms with Crippen LogP contribution in [0.4, 0.5) is 0 Å². The molecule has 17 heavy (non-hydrogen) atoms. The molecule has 1 aromatic rings. The molecule has 96 valence electrons. The van der Waals surface area contributed by atoms with E-state index in [9.17, 15) is 0 Å². The van der Waals surface area contributed by atoms with E-state index in [2.05, 4.69) is 29.8 Å². The van der Waals surface area contributed by atoms with Crippen LogP contribution >= 0.6 is 15.9 Å². The molecule has 1 rings (SSSR count). The molecule has 0 aromatic heterocycles. The summed E-state index contributed by atoms with van der Waals surface area (Å²) < 4.78 is 17.5. The maximum Gasteiger partial charge on any atom is 0.205 e. The van der Waals surface area contributed by atoms with E-state index < -0.39 is 0 Å². The first kappa shape index (κ1) is 14.2. The van der Waals surface area contributed by atoms with Gasteiger partial charge < -0.3 is 14.2 Å². The van der Waals surface area contributed by atoms with E-state index in [1.807, 2.05) is 12.1 Å². The van der Waals surface area contributed by atoms with Crippen LogP contribution in [0.25, 0.3) is 0 Å². The van der Waals surface area contributed by atoms with Crippen molar-refractivity contribution in [1.29, 1.82) is 0 Å². The Balaban J connectivity index is 3.12. The van der Waals surface area contributed by atoms with Gasteiger partial charge in [-0.3, -0.25) is 0 Å². The predicted molar refractivity (Wildman–Crippen MR) is 72.2 cm³/mol. The van der Waals surface area contributed by atoms with Crippen molar-refractivity contribution in [2.75, 3.05) is 14.2 Å². The quantitative estimate of drug-likeness (QED) is 0.794. The molecule has 0 saturated carbocycles. The zero-order chi connectivity index (χ0) is 12.8. The monoisotopic (exact) mass is 302 g/mol. The summed E-state index contributed by atoms with van der Waals surface area (Å²) in [6, 6.07) is 3.75. The molecular formula is C13H19BrO3. The summed E-state index contributed by atoms with van der Waals surface area (Å²) >= 11 is 3.44. The highest BCUT2D eigenvalue weighted by Crippen LogP contribution is 2.43. The van der Waals surface area contributed by atoms with E-state index in [1.165, 1.54) is 0 Å². The van der Waals surface area contributed by atoms with Gasteiger partial charge in [-0.1, -0.05) is 13.8 Å². The van der Waals surface area contributed by atoms with Gasteiger partial charge in [0.15, 0.2) is 11.5 Å².